The van der Waals surface area contributed by atoms with Crippen molar-refractivity contribution < 1.29 is 50.5 Å². The maximum absolute atomic E-state index is 13.1. The summed E-state index contributed by atoms with van der Waals surface area (Å²) in [6.07, 6.45) is 2.77. The Hall–Kier alpha value is -3.72. The largest absolute Gasteiger partial charge is 0.619 e. The molecular weight excluding hydrogens is 673 g/mol. The van der Waals surface area contributed by atoms with Gasteiger partial charge in [-0.3, -0.25) is 4.79 Å². The molecule has 0 aliphatic heterocycles. The Kier molecular flexibility index (Phi) is 12.0. The number of hydrogen-bond acceptors (Lipinski definition) is 9. The molecule has 1 aliphatic rings. The highest BCUT2D eigenvalue weighted by Gasteiger charge is 2.27. The number of aryl methyl sites for hydroxylation is 1. The second-order valence-corrected chi connectivity index (χ2v) is 13.1. The molecule has 16 heteroatoms. The predicted molar refractivity (Wildman–Crippen MR) is 163 cm³/mol. The molecule has 1 saturated carbocycles. The van der Waals surface area contributed by atoms with Gasteiger partial charge in [0, 0.05) is 12.0 Å². The SMILES string of the molecule is COC(=O)c1ccc(CCS(=O)(=O)NCC(=O)O[C@@H](Cc2c(Cl)c[n+]([O-])cc2Cl)c2ccc(OC(F)F)c(OCC3CC3)c2)cc1. The molecule has 2 aromatic carbocycles. The van der Waals surface area contributed by atoms with E-state index in [2.05, 4.69) is 14.2 Å². The number of alkyl halides is 2. The van der Waals surface area contributed by atoms with Crippen LogP contribution in [0.2, 0.25) is 10.0 Å². The number of carbonyl (C=O) groups excluding carboxylic acids is 2. The molecule has 1 aromatic heterocycles. The predicted octanol–water partition coefficient (Wildman–Crippen LogP) is 4.79. The fraction of sp³-hybridized carbons (Fsp3) is 0.367. The Bertz CT molecular complexity index is 1630. The molecule has 1 aliphatic carbocycles. The van der Waals surface area contributed by atoms with Crippen molar-refractivity contribution in [1.29, 1.82) is 0 Å². The van der Waals surface area contributed by atoms with E-state index in [1.165, 1.54) is 37.4 Å². The normalized spacial score (nSPS) is 13.7. The van der Waals surface area contributed by atoms with Crippen molar-refractivity contribution in [3.63, 3.8) is 0 Å². The lowest BCUT2D eigenvalue weighted by Crippen LogP contribution is -2.33. The molecule has 1 heterocycles. The molecule has 0 bridgehead atoms. The van der Waals surface area contributed by atoms with Gasteiger partial charge in [-0.05, 0) is 60.6 Å². The van der Waals surface area contributed by atoms with Crippen LogP contribution in [0, 0.1) is 11.1 Å². The third-order valence-electron chi connectivity index (χ3n) is 6.92. The second kappa shape index (κ2) is 15.7. The Morgan fingerprint density at radius 3 is 2.35 bits per heavy atom. The topological polar surface area (TPSA) is 144 Å². The van der Waals surface area contributed by atoms with Crippen LogP contribution in [0.4, 0.5) is 8.78 Å². The van der Waals surface area contributed by atoms with Crippen LogP contribution in [0.15, 0.2) is 54.9 Å². The van der Waals surface area contributed by atoms with E-state index >= 15 is 0 Å². The second-order valence-electron chi connectivity index (χ2n) is 10.4. The standard InChI is InChI=1S/C30H30Cl2F2N2O9S/c1-42-29(38)20-6-4-18(5-7-20)10-11-46(40,41)35-14-28(37)44-26(13-22-23(31)15-36(39)16-24(22)32)21-8-9-25(45-30(33)34)27(12-21)43-17-19-2-3-19/h4-9,12,15-16,19,26,30,35H,2-3,10-11,13-14,17H2,1H3/t26-/m0/s1. The van der Waals surface area contributed by atoms with E-state index in [-0.39, 0.29) is 63.8 Å². The van der Waals surface area contributed by atoms with Crippen molar-refractivity contribution in [1.82, 2.24) is 4.72 Å². The van der Waals surface area contributed by atoms with Gasteiger partial charge in [-0.2, -0.15) is 13.5 Å². The number of methoxy groups -OCH3 is 1. The molecule has 0 spiro atoms. The lowest BCUT2D eigenvalue weighted by molar-refractivity contribution is -0.605. The number of halogens is 4. The van der Waals surface area contributed by atoms with Crippen molar-refractivity contribution in [3.8, 4) is 11.5 Å². The third-order valence-corrected chi connectivity index (χ3v) is 8.90. The zero-order chi connectivity index (χ0) is 33.4. The fourth-order valence-corrected chi connectivity index (χ4v) is 5.87. The molecule has 1 atom stereocenters. The van der Waals surface area contributed by atoms with Crippen molar-refractivity contribution in [3.05, 3.63) is 92.4 Å². The van der Waals surface area contributed by atoms with E-state index in [0.29, 0.717) is 15.9 Å². The Balaban J connectivity index is 1.48. The van der Waals surface area contributed by atoms with Crippen molar-refractivity contribution in [2.24, 2.45) is 5.92 Å². The van der Waals surface area contributed by atoms with Crippen LogP contribution in [0.3, 0.4) is 0 Å². The average Bonchev–Trinajstić information content (AvgIpc) is 3.84. The number of aromatic nitrogens is 1. The van der Waals surface area contributed by atoms with Gasteiger partial charge in [-0.15, -0.1) is 0 Å². The smallest absolute Gasteiger partial charge is 0.387 e. The van der Waals surface area contributed by atoms with Gasteiger partial charge in [0.2, 0.25) is 10.0 Å². The molecule has 0 saturated heterocycles. The Labute approximate surface area is 273 Å². The van der Waals surface area contributed by atoms with Gasteiger partial charge in [-0.25, -0.2) is 17.9 Å². The van der Waals surface area contributed by atoms with Crippen LogP contribution in [0.5, 0.6) is 11.5 Å². The highest BCUT2D eigenvalue weighted by Crippen LogP contribution is 2.37. The van der Waals surface area contributed by atoms with E-state index in [9.17, 15) is 32.0 Å². The molecule has 0 unspecified atom stereocenters. The molecule has 11 nitrogen and oxygen atoms in total. The van der Waals surface area contributed by atoms with E-state index in [1.54, 1.807) is 12.1 Å². The van der Waals surface area contributed by atoms with Gasteiger partial charge in [0.15, 0.2) is 23.9 Å². The molecule has 0 amide bonds. The number of esters is 2. The van der Waals surface area contributed by atoms with Crippen molar-refractivity contribution in [2.45, 2.75) is 38.4 Å². The number of sulfonamides is 1. The lowest BCUT2D eigenvalue weighted by atomic mass is 10.0. The van der Waals surface area contributed by atoms with Gasteiger partial charge in [-0.1, -0.05) is 41.4 Å². The summed E-state index contributed by atoms with van der Waals surface area (Å²) < 4.78 is 74.6. The summed E-state index contributed by atoms with van der Waals surface area (Å²) in [6, 6.07) is 10.2. The molecule has 0 radical (unpaired) electrons. The molecule has 4 rings (SSSR count). The monoisotopic (exact) mass is 702 g/mol. The van der Waals surface area contributed by atoms with Crippen LogP contribution in [-0.2, 0) is 37.1 Å². The first-order chi connectivity index (χ1) is 21.8. The lowest BCUT2D eigenvalue weighted by Gasteiger charge is -2.21. The van der Waals surface area contributed by atoms with Gasteiger partial charge in [0.25, 0.3) is 0 Å². The van der Waals surface area contributed by atoms with Crippen LogP contribution in [0.25, 0.3) is 0 Å². The highest BCUT2D eigenvalue weighted by molar-refractivity contribution is 7.89. The third kappa shape index (κ3) is 10.4. The fourth-order valence-electron chi connectivity index (χ4n) is 4.28. The number of rotatable bonds is 16. The van der Waals surface area contributed by atoms with E-state index < -0.39 is 41.2 Å². The summed E-state index contributed by atoms with van der Waals surface area (Å²) in [5, 5.41) is 11.7. The van der Waals surface area contributed by atoms with E-state index in [4.69, 9.17) is 32.7 Å². The Morgan fingerprint density at radius 1 is 1.07 bits per heavy atom. The first-order valence-electron chi connectivity index (χ1n) is 14.0. The first kappa shape index (κ1) is 35.1. The zero-order valence-corrected chi connectivity index (χ0v) is 26.7. The van der Waals surface area contributed by atoms with Crippen molar-refractivity contribution in [2.75, 3.05) is 26.0 Å². The molecule has 248 valence electrons. The van der Waals surface area contributed by atoms with Gasteiger partial charge in [0.1, 0.15) is 22.7 Å². The number of nitrogens with zero attached hydrogens (tertiary/aromatic N) is 1. The molecular formula is C30H30Cl2F2N2O9S. The summed E-state index contributed by atoms with van der Waals surface area (Å²) in [6.45, 7) is -3.57. The molecule has 3 aromatic rings. The number of hydrogen-bond donors (Lipinski definition) is 1. The maximum atomic E-state index is 13.1. The van der Waals surface area contributed by atoms with Crippen LogP contribution < -0.4 is 18.9 Å². The molecule has 1 N–H and O–H groups in total. The number of nitrogens with one attached hydrogen (secondary N) is 1. The van der Waals surface area contributed by atoms with Crippen molar-refractivity contribution >= 4 is 45.2 Å². The minimum atomic E-state index is -3.95. The minimum Gasteiger partial charge on any atom is -0.619 e. The maximum Gasteiger partial charge on any atom is 0.387 e. The van der Waals surface area contributed by atoms with Gasteiger partial charge in [0.05, 0.1) is 25.0 Å². The van der Waals surface area contributed by atoms with E-state index in [1.807, 2.05) is 0 Å². The van der Waals surface area contributed by atoms with Gasteiger partial charge < -0.3 is 24.2 Å². The Morgan fingerprint density at radius 2 is 1.74 bits per heavy atom. The van der Waals surface area contributed by atoms with Crippen LogP contribution in [0.1, 0.15) is 46.0 Å². The van der Waals surface area contributed by atoms with Crippen LogP contribution >= 0.6 is 23.2 Å². The zero-order valence-electron chi connectivity index (χ0n) is 24.4. The summed E-state index contributed by atoms with van der Waals surface area (Å²) in [5.41, 5.74) is 1.48. The first-order valence-corrected chi connectivity index (χ1v) is 16.4. The van der Waals surface area contributed by atoms with Crippen LogP contribution in [-0.4, -0.2) is 53.0 Å². The number of ether oxygens (including phenoxy) is 4. The number of benzene rings is 2. The highest BCUT2D eigenvalue weighted by atomic mass is 35.5. The summed E-state index contributed by atoms with van der Waals surface area (Å²) in [5.74, 6) is -1.80. The average molecular weight is 704 g/mol. The summed E-state index contributed by atoms with van der Waals surface area (Å²) >= 11 is 12.5. The summed E-state index contributed by atoms with van der Waals surface area (Å²) in [4.78, 5) is 24.5. The molecule has 46 heavy (non-hydrogen) atoms. The van der Waals surface area contributed by atoms with E-state index in [0.717, 1.165) is 25.2 Å². The molecule has 1 fully saturated rings. The quantitative estimate of drug-likeness (QED) is 0.127. The minimum absolute atomic E-state index is 0.00581. The number of pyridine rings is 1. The number of carbonyl (C=O) groups is 2. The van der Waals surface area contributed by atoms with Gasteiger partial charge >= 0.3 is 18.6 Å². The summed E-state index contributed by atoms with van der Waals surface area (Å²) in [7, 11) is -2.70.